The van der Waals surface area contributed by atoms with Gasteiger partial charge >= 0.3 is 5.97 Å². The van der Waals surface area contributed by atoms with Gasteiger partial charge in [0, 0.05) is 45.0 Å². The van der Waals surface area contributed by atoms with Crippen LogP contribution >= 0.6 is 0 Å². The first kappa shape index (κ1) is 15.2. The van der Waals surface area contributed by atoms with Gasteiger partial charge in [-0.3, -0.25) is 14.6 Å². The summed E-state index contributed by atoms with van der Waals surface area (Å²) in [6, 6.07) is 0. The molecule has 0 radical (unpaired) electrons. The van der Waals surface area contributed by atoms with Crippen molar-refractivity contribution in [2.24, 2.45) is 0 Å². The van der Waals surface area contributed by atoms with Crippen molar-refractivity contribution in [2.45, 2.75) is 19.8 Å². The van der Waals surface area contributed by atoms with Crippen LogP contribution < -0.4 is 4.90 Å². The van der Waals surface area contributed by atoms with Crippen LogP contribution in [0.1, 0.15) is 19.8 Å². The third kappa shape index (κ3) is 4.40. The van der Waals surface area contributed by atoms with Crippen molar-refractivity contribution in [3.8, 4) is 0 Å². The minimum atomic E-state index is -0.316. The maximum atomic E-state index is 12.0. The van der Waals surface area contributed by atoms with Gasteiger partial charge in [-0.2, -0.15) is 0 Å². The Balaban J connectivity index is 1.76. The van der Waals surface area contributed by atoms with Gasteiger partial charge in [0.25, 0.3) is 0 Å². The third-order valence-electron chi connectivity index (χ3n) is 3.35. The molecule has 7 heteroatoms. The molecule has 1 aromatic heterocycles. The molecule has 2 rings (SSSR count). The van der Waals surface area contributed by atoms with Crippen molar-refractivity contribution in [1.82, 2.24) is 14.9 Å². The third-order valence-corrected chi connectivity index (χ3v) is 3.35. The molecule has 0 saturated carbocycles. The lowest BCUT2D eigenvalue weighted by Crippen LogP contribution is -2.49. The van der Waals surface area contributed by atoms with Crippen LogP contribution in [0.3, 0.4) is 0 Å². The molecule has 1 aliphatic rings. The summed E-state index contributed by atoms with van der Waals surface area (Å²) < 4.78 is 4.82. The van der Waals surface area contributed by atoms with Gasteiger partial charge < -0.3 is 14.5 Å². The van der Waals surface area contributed by atoms with Crippen molar-refractivity contribution in [1.29, 1.82) is 0 Å². The molecular weight excluding hydrogens is 272 g/mol. The molecule has 0 N–H and O–H groups in total. The number of hydrogen-bond donors (Lipinski definition) is 0. The normalized spacial score (nSPS) is 14.9. The van der Waals surface area contributed by atoms with Crippen LogP contribution in [0.5, 0.6) is 0 Å². The van der Waals surface area contributed by atoms with Gasteiger partial charge in [0.2, 0.25) is 5.91 Å². The van der Waals surface area contributed by atoms with Crippen molar-refractivity contribution < 1.29 is 14.3 Å². The summed E-state index contributed by atoms with van der Waals surface area (Å²) in [5.74, 6) is 0.516. The van der Waals surface area contributed by atoms with Gasteiger partial charge in [-0.05, 0) is 6.92 Å². The number of aromatic nitrogens is 2. The molecule has 0 atom stereocenters. The Hall–Kier alpha value is -2.18. The molecule has 1 saturated heterocycles. The summed E-state index contributed by atoms with van der Waals surface area (Å²) in [6.07, 6.45) is 5.38. The first-order chi connectivity index (χ1) is 10.2. The Kier molecular flexibility index (Phi) is 5.48. The minimum Gasteiger partial charge on any atom is -0.466 e. The molecule has 114 valence electrons. The summed E-state index contributed by atoms with van der Waals surface area (Å²) in [5, 5.41) is 0. The van der Waals surface area contributed by atoms with E-state index in [0.29, 0.717) is 19.7 Å². The van der Waals surface area contributed by atoms with Gasteiger partial charge in [0.1, 0.15) is 5.82 Å². The smallest absolute Gasteiger partial charge is 0.306 e. The van der Waals surface area contributed by atoms with Gasteiger partial charge in [-0.1, -0.05) is 0 Å². The zero-order valence-corrected chi connectivity index (χ0v) is 12.2. The molecule has 0 spiro atoms. The first-order valence-electron chi connectivity index (χ1n) is 7.15. The van der Waals surface area contributed by atoms with E-state index in [-0.39, 0.29) is 24.7 Å². The van der Waals surface area contributed by atoms with E-state index < -0.39 is 0 Å². The molecule has 0 aromatic carbocycles. The summed E-state index contributed by atoms with van der Waals surface area (Å²) in [5.41, 5.74) is 0. The van der Waals surface area contributed by atoms with Crippen LogP contribution in [-0.2, 0) is 14.3 Å². The van der Waals surface area contributed by atoms with Crippen molar-refractivity contribution in [3.05, 3.63) is 18.6 Å². The molecule has 1 aliphatic heterocycles. The Bertz CT molecular complexity index is 472. The molecule has 1 aromatic rings. The second-order valence-electron chi connectivity index (χ2n) is 4.74. The number of piperazine rings is 1. The second-order valence-corrected chi connectivity index (χ2v) is 4.74. The number of hydrogen-bond acceptors (Lipinski definition) is 6. The molecule has 7 nitrogen and oxygen atoms in total. The van der Waals surface area contributed by atoms with Crippen molar-refractivity contribution in [3.63, 3.8) is 0 Å². The zero-order valence-electron chi connectivity index (χ0n) is 12.2. The quantitative estimate of drug-likeness (QED) is 0.734. The SMILES string of the molecule is CCOC(=O)CCC(=O)N1CCN(c2cnccn2)CC1. The lowest BCUT2D eigenvalue weighted by atomic mass is 10.2. The van der Waals surface area contributed by atoms with E-state index in [0.717, 1.165) is 18.9 Å². The average Bonchev–Trinajstić information content (AvgIpc) is 2.54. The largest absolute Gasteiger partial charge is 0.466 e. The standard InChI is InChI=1S/C14H20N4O3/c1-2-21-14(20)4-3-13(19)18-9-7-17(8-10-18)12-11-15-5-6-16-12/h5-6,11H,2-4,7-10H2,1H3. The molecular formula is C14H20N4O3. The lowest BCUT2D eigenvalue weighted by molar-refractivity contribution is -0.145. The van der Waals surface area contributed by atoms with Gasteiger partial charge in [-0.15, -0.1) is 0 Å². The Morgan fingerprint density at radius 1 is 1.19 bits per heavy atom. The van der Waals surface area contributed by atoms with E-state index in [9.17, 15) is 9.59 Å². The number of carbonyl (C=O) groups is 2. The first-order valence-corrected chi connectivity index (χ1v) is 7.15. The van der Waals surface area contributed by atoms with E-state index in [1.165, 1.54) is 0 Å². The second kappa shape index (κ2) is 7.56. The highest BCUT2D eigenvalue weighted by Crippen LogP contribution is 2.12. The number of amides is 1. The summed E-state index contributed by atoms with van der Waals surface area (Å²) in [7, 11) is 0. The number of anilines is 1. The van der Waals surface area contributed by atoms with Gasteiger partial charge in [0.05, 0.1) is 19.2 Å². The predicted molar refractivity (Wildman–Crippen MR) is 76.7 cm³/mol. The molecule has 0 aliphatic carbocycles. The maximum absolute atomic E-state index is 12.0. The monoisotopic (exact) mass is 292 g/mol. The topological polar surface area (TPSA) is 75.6 Å². The van der Waals surface area contributed by atoms with Crippen LogP contribution in [0.25, 0.3) is 0 Å². The van der Waals surface area contributed by atoms with Crippen LogP contribution in [0.15, 0.2) is 18.6 Å². The number of nitrogens with zero attached hydrogens (tertiary/aromatic N) is 4. The fourth-order valence-corrected chi connectivity index (χ4v) is 2.24. The number of ether oxygens (including phenoxy) is 1. The van der Waals surface area contributed by atoms with Crippen LogP contribution in [0.4, 0.5) is 5.82 Å². The van der Waals surface area contributed by atoms with Crippen LogP contribution in [0.2, 0.25) is 0 Å². The zero-order chi connectivity index (χ0) is 15.1. The Morgan fingerprint density at radius 2 is 1.95 bits per heavy atom. The Morgan fingerprint density at radius 3 is 2.57 bits per heavy atom. The molecule has 0 bridgehead atoms. The number of carbonyl (C=O) groups excluding carboxylic acids is 2. The van der Waals surface area contributed by atoms with Crippen molar-refractivity contribution >= 4 is 17.7 Å². The minimum absolute atomic E-state index is 0.00171. The highest BCUT2D eigenvalue weighted by atomic mass is 16.5. The van der Waals surface area contributed by atoms with E-state index >= 15 is 0 Å². The van der Waals surface area contributed by atoms with Gasteiger partial charge in [-0.25, -0.2) is 4.98 Å². The Labute approximate surface area is 123 Å². The van der Waals surface area contributed by atoms with Crippen molar-refractivity contribution in [2.75, 3.05) is 37.7 Å². The highest BCUT2D eigenvalue weighted by Gasteiger charge is 2.22. The molecule has 0 unspecified atom stereocenters. The van der Waals surface area contributed by atoms with Crippen LogP contribution in [0, 0.1) is 0 Å². The molecule has 21 heavy (non-hydrogen) atoms. The summed E-state index contributed by atoms with van der Waals surface area (Å²) >= 11 is 0. The van der Waals surface area contributed by atoms with E-state index in [1.54, 1.807) is 30.4 Å². The summed E-state index contributed by atoms with van der Waals surface area (Å²) in [6.45, 7) is 4.83. The van der Waals surface area contributed by atoms with E-state index in [1.807, 2.05) is 0 Å². The molecule has 1 fully saturated rings. The fraction of sp³-hybridized carbons (Fsp3) is 0.571. The summed E-state index contributed by atoms with van der Waals surface area (Å²) in [4.78, 5) is 35.5. The fourth-order valence-electron chi connectivity index (χ4n) is 2.24. The number of rotatable bonds is 5. The average molecular weight is 292 g/mol. The molecule has 2 heterocycles. The number of esters is 1. The van der Waals surface area contributed by atoms with Gasteiger partial charge in [0.15, 0.2) is 0 Å². The lowest BCUT2D eigenvalue weighted by Gasteiger charge is -2.35. The molecule has 1 amide bonds. The predicted octanol–water partition coefficient (Wildman–Crippen LogP) is 0.468. The highest BCUT2D eigenvalue weighted by molar-refractivity contribution is 5.81. The van der Waals surface area contributed by atoms with Crippen LogP contribution in [-0.4, -0.2) is 59.5 Å². The van der Waals surface area contributed by atoms with E-state index in [2.05, 4.69) is 14.9 Å². The van der Waals surface area contributed by atoms with E-state index in [4.69, 9.17) is 4.74 Å². The maximum Gasteiger partial charge on any atom is 0.306 e.